The maximum Gasteiger partial charge on any atom is 0.316 e. The zero-order valence-electron chi connectivity index (χ0n) is 14.2. The molecule has 1 aromatic heterocycles. The SMILES string of the molecule is O=C(NCCNC(=O)c1nc(-c2ccc(F)cc2)no1)c1ccc(Cl)c(Cl)c1. The van der Waals surface area contributed by atoms with Crippen LogP contribution >= 0.6 is 23.2 Å². The Kier molecular flexibility index (Phi) is 6.23. The van der Waals surface area contributed by atoms with E-state index in [0.29, 0.717) is 16.1 Å². The predicted octanol–water partition coefficient (Wildman–Crippen LogP) is 3.34. The van der Waals surface area contributed by atoms with Crippen LogP contribution in [0, 0.1) is 5.82 Å². The summed E-state index contributed by atoms with van der Waals surface area (Å²) in [6.07, 6.45) is 0. The Balaban J connectivity index is 1.48. The predicted molar refractivity (Wildman–Crippen MR) is 101 cm³/mol. The second-order valence-corrected chi connectivity index (χ2v) is 6.39. The molecule has 0 aliphatic rings. The number of rotatable bonds is 6. The first-order valence-electron chi connectivity index (χ1n) is 8.05. The van der Waals surface area contributed by atoms with Crippen molar-refractivity contribution >= 4 is 35.0 Å². The number of carbonyl (C=O) groups is 2. The Labute approximate surface area is 168 Å². The first-order chi connectivity index (χ1) is 13.4. The molecule has 3 aromatic rings. The van der Waals surface area contributed by atoms with Crippen LogP contribution in [0.25, 0.3) is 11.4 Å². The fourth-order valence-electron chi connectivity index (χ4n) is 2.20. The van der Waals surface area contributed by atoms with E-state index in [0.717, 1.165) is 0 Å². The van der Waals surface area contributed by atoms with Gasteiger partial charge < -0.3 is 15.2 Å². The molecule has 0 fully saturated rings. The maximum atomic E-state index is 12.9. The van der Waals surface area contributed by atoms with Crippen LogP contribution in [0.4, 0.5) is 4.39 Å². The van der Waals surface area contributed by atoms with E-state index in [1.54, 1.807) is 0 Å². The summed E-state index contributed by atoms with van der Waals surface area (Å²) < 4.78 is 17.8. The van der Waals surface area contributed by atoms with Crippen LogP contribution in [0.5, 0.6) is 0 Å². The summed E-state index contributed by atoms with van der Waals surface area (Å²) in [6.45, 7) is 0.309. The lowest BCUT2D eigenvalue weighted by atomic mass is 10.2. The van der Waals surface area contributed by atoms with Crippen molar-refractivity contribution in [3.8, 4) is 11.4 Å². The highest BCUT2D eigenvalue weighted by molar-refractivity contribution is 6.42. The standard InChI is InChI=1S/C18H13Cl2FN4O3/c19-13-6-3-11(9-14(13)20)16(26)22-7-8-23-17(27)18-24-15(25-28-18)10-1-4-12(21)5-2-10/h1-6,9H,7-8H2,(H,22,26)(H,23,27). The molecule has 0 atom stereocenters. The topological polar surface area (TPSA) is 97.1 Å². The fraction of sp³-hybridized carbons (Fsp3) is 0.111. The monoisotopic (exact) mass is 422 g/mol. The van der Waals surface area contributed by atoms with Gasteiger partial charge in [0.25, 0.3) is 5.91 Å². The smallest absolute Gasteiger partial charge is 0.316 e. The Morgan fingerprint density at radius 2 is 1.64 bits per heavy atom. The highest BCUT2D eigenvalue weighted by Crippen LogP contribution is 2.22. The van der Waals surface area contributed by atoms with Crippen LogP contribution in [0.1, 0.15) is 21.0 Å². The van der Waals surface area contributed by atoms with Gasteiger partial charge in [-0.05, 0) is 42.5 Å². The lowest BCUT2D eigenvalue weighted by Crippen LogP contribution is -2.34. The molecule has 28 heavy (non-hydrogen) atoms. The minimum Gasteiger partial charge on any atom is -0.350 e. The van der Waals surface area contributed by atoms with Gasteiger partial charge in [0.1, 0.15) is 5.82 Å². The molecule has 1 heterocycles. The summed E-state index contributed by atoms with van der Waals surface area (Å²) in [6, 6.07) is 9.96. The van der Waals surface area contributed by atoms with Crippen molar-refractivity contribution in [2.24, 2.45) is 0 Å². The van der Waals surface area contributed by atoms with Gasteiger partial charge in [-0.1, -0.05) is 28.4 Å². The number of hydrogen-bond acceptors (Lipinski definition) is 5. The first-order valence-corrected chi connectivity index (χ1v) is 8.81. The summed E-state index contributed by atoms with van der Waals surface area (Å²) in [5.41, 5.74) is 0.861. The molecule has 0 aliphatic carbocycles. The third-order valence-corrected chi connectivity index (χ3v) is 4.34. The van der Waals surface area contributed by atoms with E-state index in [-0.39, 0.29) is 35.7 Å². The van der Waals surface area contributed by atoms with Crippen LogP contribution in [0.2, 0.25) is 10.0 Å². The van der Waals surface area contributed by atoms with Crippen LogP contribution in [0.3, 0.4) is 0 Å². The van der Waals surface area contributed by atoms with Crippen molar-refractivity contribution in [1.29, 1.82) is 0 Å². The molecule has 0 bridgehead atoms. The molecule has 3 rings (SSSR count). The van der Waals surface area contributed by atoms with E-state index >= 15 is 0 Å². The molecule has 0 radical (unpaired) electrons. The number of nitrogens with one attached hydrogen (secondary N) is 2. The third-order valence-electron chi connectivity index (χ3n) is 3.60. The zero-order valence-corrected chi connectivity index (χ0v) is 15.7. The number of hydrogen-bond donors (Lipinski definition) is 2. The molecule has 2 amide bonds. The van der Waals surface area contributed by atoms with Crippen LogP contribution in [0.15, 0.2) is 47.0 Å². The van der Waals surface area contributed by atoms with Gasteiger partial charge in [0, 0.05) is 24.2 Å². The highest BCUT2D eigenvalue weighted by Gasteiger charge is 2.16. The number of carbonyl (C=O) groups excluding carboxylic acids is 2. The second-order valence-electron chi connectivity index (χ2n) is 5.57. The van der Waals surface area contributed by atoms with Gasteiger partial charge in [0.05, 0.1) is 10.0 Å². The molecule has 7 nitrogen and oxygen atoms in total. The molecule has 0 aliphatic heterocycles. The van der Waals surface area contributed by atoms with Gasteiger partial charge in [0.2, 0.25) is 5.82 Å². The van der Waals surface area contributed by atoms with Gasteiger partial charge in [-0.2, -0.15) is 4.98 Å². The van der Waals surface area contributed by atoms with Crippen molar-refractivity contribution in [1.82, 2.24) is 20.8 Å². The lowest BCUT2D eigenvalue weighted by molar-refractivity contribution is 0.0898. The molecule has 0 saturated carbocycles. The van der Waals surface area contributed by atoms with Gasteiger partial charge >= 0.3 is 11.8 Å². The Bertz CT molecular complexity index is 1010. The normalized spacial score (nSPS) is 10.5. The molecule has 2 N–H and O–H groups in total. The van der Waals surface area contributed by atoms with Gasteiger partial charge in [-0.3, -0.25) is 9.59 Å². The number of aromatic nitrogens is 2. The number of nitrogens with zero attached hydrogens (tertiary/aromatic N) is 2. The van der Waals surface area contributed by atoms with Crippen LogP contribution in [-0.2, 0) is 0 Å². The number of benzene rings is 2. The Morgan fingerprint density at radius 3 is 2.32 bits per heavy atom. The van der Waals surface area contributed by atoms with E-state index in [9.17, 15) is 14.0 Å². The second kappa shape index (κ2) is 8.81. The average molecular weight is 423 g/mol. The van der Waals surface area contributed by atoms with E-state index in [1.807, 2.05) is 0 Å². The van der Waals surface area contributed by atoms with E-state index in [2.05, 4.69) is 20.8 Å². The third kappa shape index (κ3) is 4.85. The van der Waals surface area contributed by atoms with Crippen molar-refractivity contribution in [2.45, 2.75) is 0 Å². The summed E-state index contributed by atoms with van der Waals surface area (Å²) in [7, 11) is 0. The van der Waals surface area contributed by atoms with Crippen molar-refractivity contribution in [2.75, 3.05) is 13.1 Å². The molecule has 2 aromatic carbocycles. The average Bonchev–Trinajstić information content (AvgIpc) is 3.18. The Morgan fingerprint density at radius 1 is 0.964 bits per heavy atom. The van der Waals surface area contributed by atoms with E-state index < -0.39 is 11.7 Å². The fourth-order valence-corrected chi connectivity index (χ4v) is 2.50. The molecule has 0 unspecified atom stereocenters. The molecular weight excluding hydrogens is 410 g/mol. The number of halogens is 3. The molecular formula is C18H13Cl2FN4O3. The summed E-state index contributed by atoms with van der Waals surface area (Å²) >= 11 is 11.7. The molecule has 0 saturated heterocycles. The molecule has 10 heteroatoms. The van der Waals surface area contributed by atoms with Crippen molar-refractivity contribution < 1.29 is 18.5 Å². The van der Waals surface area contributed by atoms with Gasteiger partial charge in [-0.15, -0.1) is 0 Å². The van der Waals surface area contributed by atoms with E-state index in [1.165, 1.54) is 42.5 Å². The quantitative estimate of drug-likeness (QED) is 0.593. The lowest BCUT2D eigenvalue weighted by Gasteiger charge is -2.06. The number of amides is 2. The van der Waals surface area contributed by atoms with Crippen molar-refractivity contribution in [3.63, 3.8) is 0 Å². The summed E-state index contributed by atoms with van der Waals surface area (Å²) in [5, 5.41) is 9.49. The van der Waals surface area contributed by atoms with Crippen LogP contribution in [-0.4, -0.2) is 35.0 Å². The minimum atomic E-state index is -0.593. The highest BCUT2D eigenvalue weighted by atomic mass is 35.5. The summed E-state index contributed by atoms with van der Waals surface area (Å²) in [4.78, 5) is 28.0. The van der Waals surface area contributed by atoms with Gasteiger partial charge in [-0.25, -0.2) is 4.39 Å². The van der Waals surface area contributed by atoms with E-state index in [4.69, 9.17) is 27.7 Å². The minimum absolute atomic E-state index is 0.139. The van der Waals surface area contributed by atoms with Gasteiger partial charge in [0.15, 0.2) is 0 Å². The van der Waals surface area contributed by atoms with Crippen molar-refractivity contribution in [3.05, 3.63) is 69.8 Å². The largest absolute Gasteiger partial charge is 0.350 e. The summed E-state index contributed by atoms with van der Waals surface area (Å²) in [5.74, 6) is -1.42. The molecule has 144 valence electrons. The maximum absolute atomic E-state index is 12.9. The zero-order chi connectivity index (χ0) is 20.1. The molecule has 0 spiro atoms. The first kappa shape index (κ1) is 19.8. The Hall–Kier alpha value is -2.97. The van der Waals surface area contributed by atoms with Crippen LogP contribution < -0.4 is 10.6 Å².